The van der Waals surface area contributed by atoms with Crippen LogP contribution in [0.2, 0.25) is 0 Å². The fourth-order valence-electron chi connectivity index (χ4n) is 7.56. The summed E-state index contributed by atoms with van der Waals surface area (Å²) in [6.45, 7) is 7.69. The lowest BCUT2D eigenvalue weighted by atomic mass is 10.0. The number of piperidine rings is 2. The van der Waals surface area contributed by atoms with Gasteiger partial charge in [0.15, 0.2) is 23.3 Å². The number of tetrazole rings is 2. The minimum Gasteiger partial charge on any atom is -0.337 e. The fourth-order valence-corrected chi connectivity index (χ4v) is 7.56. The topological polar surface area (TPSA) is 206 Å². The summed E-state index contributed by atoms with van der Waals surface area (Å²) in [5, 5.41) is 30.9. The van der Waals surface area contributed by atoms with Gasteiger partial charge < -0.3 is 18.8 Å². The van der Waals surface area contributed by atoms with E-state index >= 15 is 0 Å². The lowest BCUT2D eigenvalue weighted by molar-refractivity contribution is -0.138. The zero-order valence-corrected chi connectivity index (χ0v) is 36.2. The normalized spacial score (nSPS) is 17.1. The van der Waals surface area contributed by atoms with Gasteiger partial charge in [0.1, 0.15) is 12.1 Å². The van der Waals surface area contributed by atoms with Gasteiger partial charge in [-0.3, -0.25) is 9.59 Å². The molecule has 66 heavy (non-hydrogen) atoms. The molecule has 6 aromatic rings. The number of nitrogens with zero attached hydrogens (tertiary/aromatic N) is 14. The van der Waals surface area contributed by atoms with Gasteiger partial charge >= 0.3 is 12.4 Å². The molecule has 0 aliphatic carbocycles. The zero-order valence-electron chi connectivity index (χ0n) is 36.2. The molecule has 2 aromatic carbocycles. The van der Waals surface area contributed by atoms with Crippen molar-refractivity contribution >= 4 is 24.0 Å². The van der Waals surface area contributed by atoms with Crippen molar-refractivity contribution in [1.29, 1.82) is 0 Å². The second-order valence-electron chi connectivity index (χ2n) is 15.7. The van der Waals surface area contributed by atoms with Gasteiger partial charge in [0.2, 0.25) is 23.6 Å². The highest BCUT2D eigenvalue weighted by atomic mass is 19.4. The largest absolute Gasteiger partial charge is 0.416 e. The number of alkyl halides is 6. The maximum absolute atomic E-state index is 13.3. The number of hydrogen-bond donors (Lipinski definition) is 0. The molecule has 2 aliphatic heterocycles. The van der Waals surface area contributed by atoms with E-state index in [0.717, 1.165) is 49.9 Å². The standard InChI is InChI=1S/2C21H22F3N7O2/c2*1-13-25-20(33-28-13)18-5-3-4-10-30(18)19(32)9-7-15-6-8-17(21(22,23)24)11-16(15)12-31-27-14(2)26-29-31/h2*6-9,11,18H,3-5,10,12H2,1-2H3/b2*9-7+/t2*18-/m10/s1. The second-order valence-corrected chi connectivity index (χ2v) is 15.7. The molecule has 0 saturated carbocycles. The smallest absolute Gasteiger partial charge is 0.337 e. The van der Waals surface area contributed by atoms with Gasteiger partial charge in [0.05, 0.1) is 24.2 Å². The first-order valence-corrected chi connectivity index (χ1v) is 20.9. The molecular formula is C42H44F6N14O4. The highest BCUT2D eigenvalue weighted by Gasteiger charge is 2.34. The number of rotatable bonds is 10. The SMILES string of the molecule is Cc1noc([C@@H]2CCCCN2C(=O)/C=C/c2ccc(C(F)(F)F)cc2Cn2nnc(C)n2)n1.Cc1noc([C@H]2CCCCN2C(=O)/C=C/c2ccc(C(F)(F)F)cc2Cn2nnc(C)n2)n1. The Balaban J connectivity index is 0.000000196. The van der Waals surface area contributed by atoms with Gasteiger partial charge in [-0.2, -0.15) is 45.9 Å². The lowest BCUT2D eigenvalue weighted by Crippen LogP contribution is -2.37. The first-order chi connectivity index (χ1) is 31.4. The Morgan fingerprint density at radius 2 is 1.03 bits per heavy atom. The highest BCUT2D eigenvalue weighted by molar-refractivity contribution is 5.93. The number of aromatic nitrogens is 12. The Morgan fingerprint density at radius 1 is 0.621 bits per heavy atom. The molecule has 2 saturated heterocycles. The molecule has 348 valence electrons. The van der Waals surface area contributed by atoms with E-state index in [0.29, 0.717) is 83.3 Å². The van der Waals surface area contributed by atoms with Crippen LogP contribution in [0.1, 0.15) is 119 Å². The molecule has 0 unspecified atom stereocenters. The molecule has 0 bridgehead atoms. The molecule has 2 atom stereocenters. The third-order valence-electron chi connectivity index (χ3n) is 10.7. The molecular weight excluding hydrogens is 879 g/mol. The molecule has 8 rings (SSSR count). The quantitative estimate of drug-likeness (QED) is 0.100. The Morgan fingerprint density at radius 3 is 1.36 bits per heavy atom. The van der Waals surface area contributed by atoms with E-state index in [4.69, 9.17) is 9.05 Å². The lowest BCUT2D eigenvalue weighted by Gasteiger charge is -2.32. The van der Waals surface area contributed by atoms with Crippen LogP contribution in [0.15, 0.2) is 57.6 Å². The molecule has 2 fully saturated rings. The van der Waals surface area contributed by atoms with Crippen LogP contribution in [0.25, 0.3) is 12.2 Å². The van der Waals surface area contributed by atoms with Crippen LogP contribution in [0, 0.1) is 27.7 Å². The monoisotopic (exact) mass is 922 g/mol. The predicted molar refractivity (Wildman–Crippen MR) is 219 cm³/mol. The molecule has 18 nitrogen and oxygen atoms in total. The third-order valence-corrected chi connectivity index (χ3v) is 10.7. The number of amides is 2. The van der Waals surface area contributed by atoms with E-state index in [1.807, 2.05) is 0 Å². The maximum Gasteiger partial charge on any atom is 0.416 e. The third kappa shape index (κ3) is 11.8. The van der Waals surface area contributed by atoms with Gasteiger partial charge in [-0.15, -0.1) is 20.4 Å². The molecule has 0 radical (unpaired) electrons. The van der Waals surface area contributed by atoms with E-state index < -0.39 is 23.5 Å². The number of carbonyl (C=O) groups is 2. The molecule has 0 spiro atoms. The number of aryl methyl sites for hydroxylation is 4. The van der Waals surface area contributed by atoms with Crippen LogP contribution in [-0.2, 0) is 35.0 Å². The summed E-state index contributed by atoms with van der Waals surface area (Å²) in [5.74, 6) is 2.00. The second kappa shape index (κ2) is 19.9. The van der Waals surface area contributed by atoms with Crippen LogP contribution in [0.4, 0.5) is 26.3 Å². The van der Waals surface area contributed by atoms with Crippen molar-refractivity contribution in [2.45, 2.75) is 104 Å². The number of carbonyl (C=O) groups excluding carboxylic acids is 2. The van der Waals surface area contributed by atoms with Gasteiger partial charge in [0, 0.05) is 25.2 Å². The summed E-state index contributed by atoms with van der Waals surface area (Å²) in [6.07, 6.45) is 1.65. The molecule has 6 heterocycles. The van der Waals surface area contributed by atoms with Crippen LogP contribution in [0.3, 0.4) is 0 Å². The molecule has 2 amide bonds. The number of halogens is 6. The molecule has 0 N–H and O–H groups in total. The van der Waals surface area contributed by atoms with Crippen LogP contribution < -0.4 is 0 Å². The highest BCUT2D eigenvalue weighted by Crippen LogP contribution is 2.34. The van der Waals surface area contributed by atoms with E-state index in [9.17, 15) is 35.9 Å². The summed E-state index contributed by atoms with van der Waals surface area (Å²) in [4.78, 5) is 40.2. The summed E-state index contributed by atoms with van der Waals surface area (Å²) >= 11 is 0. The summed E-state index contributed by atoms with van der Waals surface area (Å²) in [6, 6.07) is 6.05. The Bertz CT molecular complexity index is 2520. The summed E-state index contributed by atoms with van der Waals surface area (Å²) in [7, 11) is 0. The van der Waals surface area contributed by atoms with Crippen molar-refractivity contribution in [3.8, 4) is 0 Å². The molecule has 24 heteroatoms. The van der Waals surface area contributed by atoms with E-state index in [1.165, 1.54) is 46.0 Å². The summed E-state index contributed by atoms with van der Waals surface area (Å²) < 4.78 is 90.1. The number of benzene rings is 2. The Hall–Kier alpha value is -7.14. The molecule has 4 aromatic heterocycles. The average Bonchev–Trinajstić information content (AvgIpc) is 4.11. The van der Waals surface area contributed by atoms with E-state index in [2.05, 4.69) is 51.1 Å². The summed E-state index contributed by atoms with van der Waals surface area (Å²) in [5.41, 5.74) is -0.0497. The van der Waals surface area contributed by atoms with Gasteiger partial charge in [0.25, 0.3) is 0 Å². The maximum atomic E-state index is 13.3. The minimum absolute atomic E-state index is 0.0216. The van der Waals surface area contributed by atoms with Crippen molar-refractivity contribution in [2.75, 3.05) is 13.1 Å². The number of hydrogen-bond acceptors (Lipinski definition) is 14. The van der Waals surface area contributed by atoms with Crippen molar-refractivity contribution in [3.63, 3.8) is 0 Å². The minimum atomic E-state index is -4.50. The van der Waals surface area contributed by atoms with Crippen molar-refractivity contribution in [3.05, 3.63) is 117 Å². The first kappa shape index (κ1) is 46.8. The zero-order chi connectivity index (χ0) is 47.2. The van der Waals surface area contributed by atoms with Crippen LogP contribution in [0.5, 0.6) is 0 Å². The Labute approximate surface area is 372 Å². The van der Waals surface area contributed by atoms with Gasteiger partial charge in [-0.25, -0.2) is 0 Å². The van der Waals surface area contributed by atoms with Crippen molar-refractivity contribution in [1.82, 2.24) is 70.5 Å². The van der Waals surface area contributed by atoms with E-state index in [1.54, 1.807) is 37.5 Å². The first-order valence-electron chi connectivity index (χ1n) is 20.9. The Kier molecular flexibility index (Phi) is 14.2. The molecule has 2 aliphatic rings. The fraction of sp³-hybridized carbons (Fsp3) is 0.429. The van der Waals surface area contributed by atoms with E-state index in [-0.39, 0.29) is 37.0 Å². The van der Waals surface area contributed by atoms with Gasteiger partial charge in [-0.1, -0.05) is 22.4 Å². The van der Waals surface area contributed by atoms with Crippen molar-refractivity contribution < 1.29 is 45.0 Å². The average molecular weight is 923 g/mol. The van der Waals surface area contributed by atoms with Crippen LogP contribution >= 0.6 is 0 Å². The van der Waals surface area contributed by atoms with Gasteiger partial charge in [-0.05, 0) is 135 Å². The predicted octanol–water partition coefficient (Wildman–Crippen LogP) is 7.01. The van der Waals surface area contributed by atoms with Crippen LogP contribution in [-0.4, -0.2) is 95.4 Å². The van der Waals surface area contributed by atoms with Crippen molar-refractivity contribution in [2.24, 2.45) is 0 Å². The number of likely N-dealkylation sites (tertiary alicyclic amines) is 2.